The Bertz CT molecular complexity index is 912. The van der Waals surface area contributed by atoms with E-state index in [2.05, 4.69) is 5.32 Å². The molecule has 0 saturated carbocycles. The number of carbonyl (C=O) groups excluding carboxylic acids is 1. The molecule has 5 heteroatoms. The third-order valence-electron chi connectivity index (χ3n) is 4.03. The van der Waals surface area contributed by atoms with Crippen LogP contribution in [0.3, 0.4) is 0 Å². The van der Waals surface area contributed by atoms with E-state index in [1.54, 1.807) is 37.4 Å². The zero-order valence-electron chi connectivity index (χ0n) is 14.9. The summed E-state index contributed by atoms with van der Waals surface area (Å²) >= 11 is 5.98. The van der Waals surface area contributed by atoms with Crippen LogP contribution in [0.1, 0.15) is 21.5 Å². The molecule has 3 aromatic carbocycles. The highest BCUT2D eigenvalue weighted by molar-refractivity contribution is 6.30. The van der Waals surface area contributed by atoms with Crippen molar-refractivity contribution in [2.45, 2.75) is 13.2 Å². The molecule has 0 heterocycles. The second-order valence-corrected chi connectivity index (χ2v) is 6.38. The fraction of sp³-hybridized carbons (Fsp3) is 0.136. The number of ether oxygens (including phenoxy) is 2. The van der Waals surface area contributed by atoms with Gasteiger partial charge in [0.05, 0.1) is 7.11 Å². The lowest BCUT2D eigenvalue weighted by Gasteiger charge is -2.12. The molecule has 27 heavy (non-hydrogen) atoms. The number of halogens is 1. The topological polar surface area (TPSA) is 47.6 Å². The fourth-order valence-corrected chi connectivity index (χ4v) is 2.81. The van der Waals surface area contributed by atoms with Crippen LogP contribution in [0.15, 0.2) is 72.8 Å². The summed E-state index contributed by atoms with van der Waals surface area (Å²) in [5.74, 6) is 1.17. The Hall–Kier alpha value is -2.98. The monoisotopic (exact) mass is 381 g/mol. The van der Waals surface area contributed by atoms with E-state index >= 15 is 0 Å². The molecule has 0 bridgehead atoms. The Kier molecular flexibility index (Phi) is 6.34. The van der Waals surface area contributed by atoms with Crippen LogP contribution in [0.2, 0.25) is 5.02 Å². The van der Waals surface area contributed by atoms with Gasteiger partial charge in [-0.2, -0.15) is 0 Å². The minimum atomic E-state index is -0.148. The summed E-state index contributed by atoms with van der Waals surface area (Å²) in [6, 6.07) is 22.2. The predicted octanol–water partition coefficient (Wildman–Crippen LogP) is 4.86. The third-order valence-corrected chi connectivity index (χ3v) is 4.26. The van der Waals surface area contributed by atoms with E-state index in [4.69, 9.17) is 21.1 Å². The lowest BCUT2D eigenvalue weighted by Crippen LogP contribution is -2.23. The van der Waals surface area contributed by atoms with Gasteiger partial charge in [0.2, 0.25) is 0 Å². The van der Waals surface area contributed by atoms with Crippen molar-refractivity contribution in [3.63, 3.8) is 0 Å². The molecule has 3 rings (SSSR count). The molecule has 1 N–H and O–H groups in total. The molecular weight excluding hydrogens is 362 g/mol. The molecule has 3 aromatic rings. The summed E-state index contributed by atoms with van der Waals surface area (Å²) in [6.45, 7) is 0.739. The average molecular weight is 382 g/mol. The van der Waals surface area contributed by atoms with Gasteiger partial charge >= 0.3 is 0 Å². The highest BCUT2D eigenvalue weighted by Crippen LogP contribution is 2.23. The number of amides is 1. The van der Waals surface area contributed by atoms with Gasteiger partial charge in [-0.3, -0.25) is 4.79 Å². The smallest absolute Gasteiger partial charge is 0.251 e. The minimum absolute atomic E-state index is 0.148. The largest absolute Gasteiger partial charge is 0.496 e. The number of rotatable bonds is 7. The van der Waals surface area contributed by atoms with Gasteiger partial charge < -0.3 is 14.8 Å². The fourth-order valence-electron chi connectivity index (χ4n) is 2.63. The average Bonchev–Trinajstić information content (AvgIpc) is 2.71. The molecule has 0 aromatic heterocycles. The number of benzene rings is 3. The normalized spacial score (nSPS) is 10.3. The zero-order valence-corrected chi connectivity index (χ0v) is 15.7. The standard InChI is InChI=1S/C22H20ClNO3/c1-26-21-11-10-17(22(25)24-14-16-6-3-2-4-7-16)12-18(21)15-27-20-9-5-8-19(23)13-20/h2-13H,14-15H2,1H3,(H,24,25). The van der Waals surface area contributed by atoms with E-state index in [1.165, 1.54) is 0 Å². The molecule has 0 fully saturated rings. The van der Waals surface area contributed by atoms with Crippen LogP contribution in [-0.4, -0.2) is 13.0 Å². The molecular formula is C22H20ClNO3. The Morgan fingerprint density at radius 3 is 2.56 bits per heavy atom. The van der Waals surface area contributed by atoms with E-state index in [9.17, 15) is 4.79 Å². The zero-order chi connectivity index (χ0) is 19.1. The van der Waals surface area contributed by atoms with Crippen LogP contribution in [0.4, 0.5) is 0 Å². The van der Waals surface area contributed by atoms with Crippen molar-refractivity contribution in [3.05, 3.63) is 94.5 Å². The maximum Gasteiger partial charge on any atom is 0.251 e. The third kappa shape index (κ3) is 5.25. The van der Waals surface area contributed by atoms with E-state index in [0.29, 0.717) is 28.6 Å². The van der Waals surface area contributed by atoms with Crippen LogP contribution in [0, 0.1) is 0 Å². The van der Waals surface area contributed by atoms with Crippen molar-refractivity contribution in [2.24, 2.45) is 0 Å². The number of carbonyl (C=O) groups is 1. The van der Waals surface area contributed by atoms with Crippen LogP contribution >= 0.6 is 11.6 Å². The van der Waals surface area contributed by atoms with Crippen molar-refractivity contribution in [2.75, 3.05) is 7.11 Å². The molecule has 138 valence electrons. The van der Waals surface area contributed by atoms with Gasteiger partial charge in [-0.15, -0.1) is 0 Å². The lowest BCUT2D eigenvalue weighted by molar-refractivity contribution is 0.0950. The number of methoxy groups -OCH3 is 1. The van der Waals surface area contributed by atoms with Crippen molar-refractivity contribution >= 4 is 17.5 Å². The predicted molar refractivity (Wildman–Crippen MR) is 106 cm³/mol. The highest BCUT2D eigenvalue weighted by atomic mass is 35.5. The Morgan fingerprint density at radius 1 is 1.00 bits per heavy atom. The van der Waals surface area contributed by atoms with Gasteiger partial charge in [0.15, 0.2) is 0 Å². The highest BCUT2D eigenvalue weighted by Gasteiger charge is 2.11. The molecule has 0 aliphatic rings. The van der Waals surface area contributed by atoms with Gasteiger partial charge in [0, 0.05) is 22.7 Å². The van der Waals surface area contributed by atoms with Gasteiger partial charge in [0.1, 0.15) is 18.1 Å². The minimum Gasteiger partial charge on any atom is -0.496 e. The summed E-state index contributed by atoms with van der Waals surface area (Å²) in [5, 5.41) is 3.53. The summed E-state index contributed by atoms with van der Waals surface area (Å²) in [5.41, 5.74) is 2.38. The van der Waals surface area contributed by atoms with E-state index in [-0.39, 0.29) is 12.5 Å². The Labute approximate surface area is 163 Å². The quantitative estimate of drug-likeness (QED) is 0.636. The summed E-state index contributed by atoms with van der Waals surface area (Å²) < 4.78 is 11.2. The molecule has 1 amide bonds. The van der Waals surface area contributed by atoms with Gasteiger partial charge in [-0.1, -0.05) is 48.0 Å². The van der Waals surface area contributed by atoms with Crippen LogP contribution in [-0.2, 0) is 13.2 Å². The number of hydrogen-bond acceptors (Lipinski definition) is 3. The Morgan fingerprint density at radius 2 is 1.81 bits per heavy atom. The molecule has 0 saturated heterocycles. The SMILES string of the molecule is COc1ccc(C(=O)NCc2ccccc2)cc1COc1cccc(Cl)c1. The molecule has 0 atom stereocenters. The molecule has 0 spiro atoms. The van der Waals surface area contributed by atoms with Gasteiger partial charge in [-0.25, -0.2) is 0 Å². The van der Waals surface area contributed by atoms with Crippen LogP contribution < -0.4 is 14.8 Å². The van der Waals surface area contributed by atoms with Gasteiger partial charge in [-0.05, 0) is 42.0 Å². The van der Waals surface area contributed by atoms with E-state index < -0.39 is 0 Å². The molecule has 0 radical (unpaired) electrons. The first-order valence-corrected chi connectivity index (χ1v) is 8.91. The first-order valence-electron chi connectivity index (χ1n) is 8.53. The number of hydrogen-bond donors (Lipinski definition) is 1. The second-order valence-electron chi connectivity index (χ2n) is 5.94. The first-order chi connectivity index (χ1) is 13.2. The second kappa shape index (κ2) is 9.10. The van der Waals surface area contributed by atoms with Crippen molar-refractivity contribution in [3.8, 4) is 11.5 Å². The molecule has 4 nitrogen and oxygen atoms in total. The van der Waals surface area contributed by atoms with Crippen LogP contribution in [0.5, 0.6) is 11.5 Å². The van der Waals surface area contributed by atoms with Crippen molar-refractivity contribution < 1.29 is 14.3 Å². The molecule has 0 aliphatic heterocycles. The Balaban J connectivity index is 1.69. The van der Waals surface area contributed by atoms with E-state index in [1.807, 2.05) is 42.5 Å². The maximum atomic E-state index is 12.5. The molecule has 0 unspecified atom stereocenters. The number of nitrogens with one attached hydrogen (secondary N) is 1. The molecule has 0 aliphatic carbocycles. The summed E-state index contributed by atoms with van der Waals surface area (Å²) in [6.07, 6.45) is 0. The van der Waals surface area contributed by atoms with Gasteiger partial charge in [0.25, 0.3) is 5.91 Å². The summed E-state index contributed by atoms with van der Waals surface area (Å²) in [7, 11) is 1.59. The first kappa shape index (κ1) is 18.8. The van der Waals surface area contributed by atoms with Crippen LogP contribution in [0.25, 0.3) is 0 Å². The van der Waals surface area contributed by atoms with E-state index in [0.717, 1.165) is 11.1 Å². The summed E-state index contributed by atoms with van der Waals surface area (Å²) in [4.78, 5) is 12.5. The maximum absolute atomic E-state index is 12.5. The van der Waals surface area contributed by atoms with Crippen molar-refractivity contribution in [1.29, 1.82) is 0 Å². The lowest BCUT2D eigenvalue weighted by atomic mass is 10.1. The van der Waals surface area contributed by atoms with Crippen molar-refractivity contribution in [1.82, 2.24) is 5.32 Å².